The molecule has 0 aromatic heterocycles. The molecular weight excluding hydrogens is 886 g/mol. The number of carbonyl (C=O) groups excluding carboxylic acids is 5. The van der Waals surface area contributed by atoms with Crippen molar-refractivity contribution < 1.29 is 55.8 Å². The van der Waals surface area contributed by atoms with E-state index >= 15 is 8.78 Å². The lowest BCUT2D eigenvalue weighted by atomic mass is 9.56. The molecule has 2 saturated heterocycles. The highest BCUT2D eigenvalue weighted by atomic mass is 79.9. The average molecular weight is 907 g/mol. The molecule has 0 bridgehead atoms. The number of ketones is 1. The predicted molar refractivity (Wildman–Crippen MR) is 185 cm³/mol. The largest absolute Gasteiger partial charge is 0.503 e. The van der Waals surface area contributed by atoms with Gasteiger partial charge in [-0.3, -0.25) is 28.9 Å². The van der Waals surface area contributed by atoms with Gasteiger partial charge in [0, 0.05) is 16.0 Å². The van der Waals surface area contributed by atoms with E-state index < -0.39 is 104 Å². The van der Waals surface area contributed by atoms with Crippen molar-refractivity contribution in [3.8, 4) is 11.5 Å². The molecule has 9 nitrogen and oxygen atoms in total. The number of methoxy groups -OCH3 is 1. The highest BCUT2D eigenvalue weighted by molar-refractivity contribution is 9.13. The Labute approximate surface area is 322 Å². The summed E-state index contributed by atoms with van der Waals surface area (Å²) in [7, 11) is 1.20. The Hall–Kier alpha value is -3.86. The summed E-state index contributed by atoms with van der Waals surface area (Å²) in [5.41, 5.74) is -1.27. The second-order valence-electron chi connectivity index (χ2n) is 13.0. The van der Waals surface area contributed by atoms with E-state index in [0.29, 0.717) is 5.56 Å². The molecule has 2 heterocycles. The van der Waals surface area contributed by atoms with E-state index in [0.717, 1.165) is 4.90 Å². The zero-order valence-electron chi connectivity index (χ0n) is 26.9. The normalized spacial score (nSPS) is 27.9. The van der Waals surface area contributed by atoms with Gasteiger partial charge in [-0.15, -0.1) is 23.2 Å². The van der Waals surface area contributed by atoms with Crippen molar-refractivity contribution >= 4 is 95.8 Å². The van der Waals surface area contributed by atoms with Crippen LogP contribution in [0.5, 0.6) is 11.5 Å². The van der Waals surface area contributed by atoms with Crippen LogP contribution in [0, 0.1) is 46.8 Å². The standard InChI is InChI=1S/C35H21Br2Cl2F5N2O7/c1-11(47)12-3-5-13(6-4-12)45-30(49)15-8-7-14-17(19(15)31(45)50)10-34(38)32(51)46(28-26(43)24(41)23(40)25(42)27(28)44)33(52)35(34,39)20(14)16-9-18(53-2)29(48)22(37)21(16)36/h3-7,9,15,17,19-20,48H,8,10H2,1-2H3/t15-,17+,19-,20+,34+,35-/m0/s1. The number of carbonyl (C=O) groups is 5. The van der Waals surface area contributed by atoms with Crippen LogP contribution >= 0.6 is 55.1 Å². The molecule has 4 amide bonds. The molecule has 0 radical (unpaired) electrons. The number of phenols is 1. The molecule has 1 N–H and O–H groups in total. The van der Waals surface area contributed by atoms with Gasteiger partial charge in [0.05, 0.1) is 29.1 Å². The van der Waals surface area contributed by atoms with Crippen molar-refractivity contribution in [1.82, 2.24) is 0 Å². The molecule has 0 spiro atoms. The van der Waals surface area contributed by atoms with Gasteiger partial charge < -0.3 is 9.84 Å². The summed E-state index contributed by atoms with van der Waals surface area (Å²) >= 11 is 21.0. The maximum atomic E-state index is 15.3. The van der Waals surface area contributed by atoms with Crippen molar-refractivity contribution in [1.29, 1.82) is 0 Å². The number of phenolic OH excluding ortho intramolecular Hbond substituents is 1. The summed E-state index contributed by atoms with van der Waals surface area (Å²) < 4.78 is 79.1. The lowest BCUT2D eigenvalue weighted by Crippen LogP contribution is -2.60. The number of aromatic hydroxyl groups is 1. The molecule has 276 valence electrons. The molecule has 2 aliphatic carbocycles. The summed E-state index contributed by atoms with van der Waals surface area (Å²) in [6.07, 6.45) is 0.727. The number of amides is 4. The SMILES string of the molecule is COc1cc([C@H]2C3=CC[C@@H]4C(=O)N(c5ccc(C(C)=O)cc5)C(=O)[C@@H]4[C@@H]3C[C@@]3(Cl)C(=O)N(c4c(F)c(F)c(F)c(F)c4F)C(=O)[C@@]23Cl)c(Br)c(Br)c1O. The topological polar surface area (TPSA) is 121 Å². The fourth-order valence-electron chi connectivity index (χ4n) is 7.99. The molecule has 3 fully saturated rings. The smallest absolute Gasteiger partial charge is 0.258 e. The number of imide groups is 2. The van der Waals surface area contributed by atoms with Gasteiger partial charge in [-0.05, 0) is 93.4 Å². The van der Waals surface area contributed by atoms with Crippen molar-refractivity contribution in [2.75, 3.05) is 16.9 Å². The van der Waals surface area contributed by atoms with E-state index in [1.54, 1.807) is 0 Å². The molecule has 3 aromatic carbocycles. The molecule has 6 atom stereocenters. The quantitative estimate of drug-likeness (QED) is 0.0533. The molecule has 3 aromatic rings. The minimum Gasteiger partial charge on any atom is -0.503 e. The Kier molecular flexibility index (Phi) is 8.90. The molecule has 7 rings (SSSR count). The number of benzene rings is 3. The van der Waals surface area contributed by atoms with Gasteiger partial charge in [0.2, 0.25) is 17.6 Å². The number of rotatable bonds is 5. The number of hydrogen-bond acceptors (Lipinski definition) is 7. The van der Waals surface area contributed by atoms with Crippen LogP contribution in [-0.4, -0.2) is 51.4 Å². The van der Waals surface area contributed by atoms with Gasteiger partial charge in [0.15, 0.2) is 50.3 Å². The number of fused-ring (bicyclic) bond motifs is 4. The van der Waals surface area contributed by atoms with Gasteiger partial charge in [0.1, 0.15) is 5.69 Å². The van der Waals surface area contributed by atoms with Gasteiger partial charge in [0.25, 0.3) is 11.8 Å². The highest BCUT2D eigenvalue weighted by Gasteiger charge is 2.77. The number of alkyl halides is 2. The Morgan fingerprint density at radius 1 is 0.868 bits per heavy atom. The summed E-state index contributed by atoms with van der Waals surface area (Å²) in [5, 5.41) is 10.7. The Balaban J connectivity index is 1.45. The second-order valence-corrected chi connectivity index (χ2v) is 15.8. The van der Waals surface area contributed by atoms with Gasteiger partial charge in [-0.2, -0.15) is 0 Å². The molecule has 53 heavy (non-hydrogen) atoms. The van der Waals surface area contributed by atoms with Crippen LogP contribution in [0.1, 0.15) is 41.6 Å². The zero-order chi connectivity index (χ0) is 38.8. The van der Waals surface area contributed by atoms with Crippen molar-refractivity contribution in [3.05, 3.63) is 91.1 Å². The van der Waals surface area contributed by atoms with E-state index in [1.165, 1.54) is 50.4 Å². The Morgan fingerprint density at radius 3 is 2.02 bits per heavy atom. The van der Waals surface area contributed by atoms with Crippen LogP contribution in [0.4, 0.5) is 33.3 Å². The van der Waals surface area contributed by atoms with Crippen LogP contribution in [0.2, 0.25) is 0 Å². The maximum absolute atomic E-state index is 15.3. The molecule has 4 aliphatic rings. The summed E-state index contributed by atoms with van der Waals surface area (Å²) in [6, 6.07) is 6.91. The first-order valence-electron chi connectivity index (χ1n) is 15.6. The molecule has 2 aliphatic heterocycles. The van der Waals surface area contributed by atoms with Crippen LogP contribution in [0.15, 0.2) is 50.9 Å². The van der Waals surface area contributed by atoms with E-state index in [2.05, 4.69) is 31.9 Å². The Bertz CT molecular complexity index is 2250. The van der Waals surface area contributed by atoms with Crippen LogP contribution in [0.3, 0.4) is 0 Å². The number of anilines is 2. The monoisotopic (exact) mass is 904 g/mol. The fourth-order valence-corrected chi connectivity index (χ4v) is 9.87. The first-order valence-corrected chi connectivity index (χ1v) is 17.9. The summed E-state index contributed by atoms with van der Waals surface area (Å²) in [6.45, 7) is 1.34. The minimum absolute atomic E-state index is 0.00480. The van der Waals surface area contributed by atoms with Gasteiger partial charge in [-0.25, -0.2) is 26.9 Å². The second kappa shape index (κ2) is 12.6. The van der Waals surface area contributed by atoms with Crippen LogP contribution in [0.25, 0.3) is 0 Å². The number of Topliss-reactive ketones (excluding diaryl/α,β-unsaturated/α-hetero) is 1. The third-order valence-electron chi connectivity index (χ3n) is 10.5. The molecule has 18 heteroatoms. The lowest BCUT2D eigenvalue weighted by molar-refractivity contribution is -0.125. The Morgan fingerprint density at radius 2 is 1.45 bits per heavy atom. The predicted octanol–water partition coefficient (Wildman–Crippen LogP) is 7.59. The van der Waals surface area contributed by atoms with Crippen molar-refractivity contribution in [2.24, 2.45) is 17.8 Å². The van der Waals surface area contributed by atoms with Gasteiger partial charge in [-0.1, -0.05) is 11.6 Å². The zero-order valence-corrected chi connectivity index (χ0v) is 31.6. The van der Waals surface area contributed by atoms with Crippen molar-refractivity contribution in [2.45, 2.75) is 35.4 Å². The molecule has 0 unspecified atom stereocenters. The molecule has 1 saturated carbocycles. The van der Waals surface area contributed by atoms with E-state index in [1.807, 2.05) is 0 Å². The van der Waals surface area contributed by atoms with Crippen LogP contribution in [-0.2, 0) is 19.2 Å². The first kappa shape index (κ1) is 37.5. The summed E-state index contributed by atoms with van der Waals surface area (Å²) in [5.74, 6) is -23.1. The minimum atomic E-state index is -2.79. The number of ether oxygens (including phenoxy) is 1. The lowest BCUT2D eigenvalue weighted by Gasteiger charge is -2.51. The van der Waals surface area contributed by atoms with E-state index in [9.17, 15) is 42.3 Å². The van der Waals surface area contributed by atoms with Gasteiger partial charge >= 0.3 is 0 Å². The highest BCUT2D eigenvalue weighted by Crippen LogP contribution is 2.67. The number of nitrogens with zero attached hydrogens (tertiary/aromatic N) is 2. The number of hydrogen-bond donors (Lipinski definition) is 1. The van der Waals surface area contributed by atoms with Crippen molar-refractivity contribution in [3.63, 3.8) is 0 Å². The number of halogens is 9. The van der Waals surface area contributed by atoms with E-state index in [4.69, 9.17) is 27.9 Å². The molecular formula is C35H21Br2Cl2F5N2O7. The fraction of sp³-hybridized carbons (Fsp3) is 0.286. The first-order chi connectivity index (χ1) is 24.8. The maximum Gasteiger partial charge on any atom is 0.258 e. The summed E-state index contributed by atoms with van der Waals surface area (Å²) in [4.78, 5) is 64.1. The third-order valence-corrected chi connectivity index (χ3v) is 14.0. The van der Waals surface area contributed by atoms with E-state index in [-0.39, 0.29) is 48.6 Å². The third kappa shape index (κ3) is 4.87. The van der Waals surface area contributed by atoms with Crippen LogP contribution < -0.4 is 14.5 Å². The average Bonchev–Trinajstić information content (AvgIpc) is 3.47. The number of allylic oxidation sites excluding steroid dienone is 2.